The predicted octanol–water partition coefficient (Wildman–Crippen LogP) is 3.01. The van der Waals surface area contributed by atoms with Crippen LogP contribution in [0.2, 0.25) is 0 Å². The molecule has 3 aromatic heterocycles. The first-order chi connectivity index (χ1) is 14.0. The van der Waals surface area contributed by atoms with Gasteiger partial charge in [0.15, 0.2) is 0 Å². The van der Waals surface area contributed by atoms with Crippen molar-refractivity contribution < 1.29 is 4.79 Å². The van der Waals surface area contributed by atoms with Gasteiger partial charge >= 0.3 is 0 Å². The van der Waals surface area contributed by atoms with Crippen LogP contribution in [0.25, 0.3) is 11.4 Å². The van der Waals surface area contributed by atoms with E-state index in [0.29, 0.717) is 6.42 Å². The lowest BCUT2D eigenvalue weighted by molar-refractivity contribution is -0.130. The van der Waals surface area contributed by atoms with Gasteiger partial charge in [0.2, 0.25) is 5.91 Å². The zero-order valence-electron chi connectivity index (χ0n) is 17.6. The van der Waals surface area contributed by atoms with Gasteiger partial charge in [0, 0.05) is 62.1 Å². The van der Waals surface area contributed by atoms with Crippen LogP contribution in [0, 0.1) is 20.8 Å². The number of aryl methyl sites for hydroxylation is 3. The molecule has 1 aliphatic rings. The highest BCUT2D eigenvalue weighted by Crippen LogP contribution is 2.29. The maximum Gasteiger partial charge on any atom is 0.222 e. The second kappa shape index (κ2) is 7.81. The average Bonchev–Trinajstić information content (AvgIpc) is 3.40. The Morgan fingerprint density at radius 3 is 2.76 bits per heavy atom. The number of carbonyl (C=O) groups excluding carboxylic acids is 1. The van der Waals surface area contributed by atoms with E-state index in [4.69, 9.17) is 0 Å². The smallest absolute Gasteiger partial charge is 0.222 e. The molecule has 0 aliphatic carbocycles. The summed E-state index contributed by atoms with van der Waals surface area (Å²) in [6, 6.07) is 4.21. The summed E-state index contributed by atoms with van der Waals surface area (Å²) < 4.78 is 4.16. The first-order valence-electron chi connectivity index (χ1n) is 10.2. The zero-order chi connectivity index (χ0) is 20.5. The van der Waals surface area contributed by atoms with Crippen LogP contribution < -0.4 is 0 Å². The molecule has 0 saturated carbocycles. The Bertz CT molecular complexity index is 1020. The maximum atomic E-state index is 12.9. The molecule has 1 amide bonds. The van der Waals surface area contributed by atoms with Gasteiger partial charge in [-0.05, 0) is 51.3 Å². The highest BCUT2D eigenvalue weighted by molar-refractivity contribution is 5.77. The molecule has 0 aromatic carbocycles. The van der Waals surface area contributed by atoms with Gasteiger partial charge < -0.3 is 9.47 Å². The molecule has 0 spiro atoms. The summed E-state index contributed by atoms with van der Waals surface area (Å²) in [6.07, 6.45) is 7.73. The molecule has 7 nitrogen and oxygen atoms in total. The number of carbonyl (C=O) groups is 1. The quantitative estimate of drug-likeness (QED) is 0.669. The number of aromatic nitrogens is 5. The largest absolute Gasteiger partial charge is 0.341 e. The van der Waals surface area contributed by atoms with Crippen molar-refractivity contribution in [2.45, 2.75) is 46.1 Å². The van der Waals surface area contributed by atoms with E-state index in [0.717, 1.165) is 54.4 Å². The van der Waals surface area contributed by atoms with Crippen molar-refractivity contribution >= 4 is 5.91 Å². The number of nitrogens with zero attached hydrogens (tertiary/aromatic N) is 6. The third-order valence-corrected chi connectivity index (χ3v) is 6.03. The molecule has 1 aliphatic heterocycles. The Hall–Kier alpha value is -2.96. The van der Waals surface area contributed by atoms with Crippen LogP contribution in [0.3, 0.4) is 0 Å². The van der Waals surface area contributed by atoms with Gasteiger partial charge in [0.05, 0.1) is 11.7 Å². The summed E-state index contributed by atoms with van der Waals surface area (Å²) in [5.74, 6) is 1.15. The number of hydrogen-bond acceptors (Lipinski definition) is 4. The van der Waals surface area contributed by atoms with Crippen LogP contribution in [0.5, 0.6) is 0 Å². The average molecular weight is 393 g/mol. The third-order valence-electron chi connectivity index (χ3n) is 6.03. The van der Waals surface area contributed by atoms with Gasteiger partial charge in [-0.2, -0.15) is 5.10 Å². The molecular weight excluding hydrogens is 364 g/mol. The molecule has 4 rings (SSSR count). The van der Waals surface area contributed by atoms with Crippen LogP contribution in [0.4, 0.5) is 0 Å². The lowest BCUT2D eigenvalue weighted by atomic mass is 10.1. The van der Waals surface area contributed by atoms with E-state index >= 15 is 0 Å². The molecule has 7 heteroatoms. The lowest BCUT2D eigenvalue weighted by Crippen LogP contribution is -2.29. The molecule has 0 bridgehead atoms. The molecule has 1 atom stereocenters. The van der Waals surface area contributed by atoms with E-state index in [9.17, 15) is 4.79 Å². The first kappa shape index (κ1) is 19.4. The van der Waals surface area contributed by atoms with Gasteiger partial charge in [0.1, 0.15) is 5.82 Å². The minimum atomic E-state index is 0.218. The van der Waals surface area contributed by atoms with Gasteiger partial charge in [-0.1, -0.05) is 0 Å². The van der Waals surface area contributed by atoms with Gasteiger partial charge in [-0.25, -0.2) is 4.98 Å². The summed E-state index contributed by atoms with van der Waals surface area (Å²) in [4.78, 5) is 23.7. The van der Waals surface area contributed by atoms with Crippen molar-refractivity contribution in [3.8, 4) is 11.4 Å². The van der Waals surface area contributed by atoms with Crippen LogP contribution in [0.15, 0.2) is 30.7 Å². The predicted molar refractivity (Wildman–Crippen MR) is 111 cm³/mol. The minimum Gasteiger partial charge on any atom is -0.341 e. The molecule has 4 heterocycles. The fraction of sp³-hybridized carbons (Fsp3) is 0.455. The Kier molecular flexibility index (Phi) is 5.22. The van der Waals surface area contributed by atoms with E-state index < -0.39 is 0 Å². The molecular formula is C22H28N6O. The van der Waals surface area contributed by atoms with Crippen molar-refractivity contribution in [1.82, 2.24) is 29.2 Å². The highest BCUT2D eigenvalue weighted by atomic mass is 16.2. The summed E-state index contributed by atoms with van der Waals surface area (Å²) in [5.41, 5.74) is 5.48. The monoisotopic (exact) mass is 392 g/mol. The van der Waals surface area contributed by atoms with E-state index in [1.54, 1.807) is 6.20 Å². The van der Waals surface area contributed by atoms with Gasteiger partial charge in [-0.15, -0.1) is 0 Å². The molecule has 1 unspecified atom stereocenters. The summed E-state index contributed by atoms with van der Waals surface area (Å²) in [6.45, 7) is 7.67. The Morgan fingerprint density at radius 2 is 2.07 bits per heavy atom. The Balaban J connectivity index is 1.45. The summed E-state index contributed by atoms with van der Waals surface area (Å²) in [7, 11) is 1.95. The number of imidazole rings is 1. The zero-order valence-corrected chi connectivity index (χ0v) is 17.6. The fourth-order valence-electron chi connectivity index (χ4n) is 4.36. The van der Waals surface area contributed by atoms with Crippen LogP contribution in [-0.4, -0.2) is 48.2 Å². The minimum absolute atomic E-state index is 0.218. The third kappa shape index (κ3) is 3.69. The number of hydrogen-bond donors (Lipinski definition) is 0. The number of likely N-dealkylation sites (tertiary alicyclic amines) is 1. The van der Waals surface area contributed by atoms with Gasteiger partial charge in [-0.3, -0.25) is 14.5 Å². The van der Waals surface area contributed by atoms with Crippen molar-refractivity contribution in [3.63, 3.8) is 0 Å². The molecule has 0 N–H and O–H groups in total. The van der Waals surface area contributed by atoms with Crippen molar-refractivity contribution in [2.24, 2.45) is 7.05 Å². The Labute approximate surface area is 171 Å². The van der Waals surface area contributed by atoms with E-state index in [-0.39, 0.29) is 11.9 Å². The molecule has 3 aromatic rings. The standard InChI is InChI=1S/C22H28N6O/c1-15-12-24-22(18-6-5-10-23-13-18)28(15)19-9-11-27(14-19)21(29)8-7-20-16(2)25-26(4)17(20)3/h5-6,10,12-13,19H,7-9,11,14H2,1-4H3. The maximum absolute atomic E-state index is 12.9. The van der Waals surface area contributed by atoms with E-state index in [1.165, 1.54) is 5.56 Å². The normalized spacial score (nSPS) is 16.6. The summed E-state index contributed by atoms with van der Waals surface area (Å²) in [5, 5.41) is 4.46. The molecule has 0 radical (unpaired) electrons. The summed E-state index contributed by atoms with van der Waals surface area (Å²) >= 11 is 0. The van der Waals surface area contributed by atoms with Crippen LogP contribution in [0.1, 0.15) is 41.5 Å². The topological polar surface area (TPSA) is 68.8 Å². The van der Waals surface area contributed by atoms with E-state index in [2.05, 4.69) is 33.5 Å². The van der Waals surface area contributed by atoms with Crippen molar-refractivity contribution in [2.75, 3.05) is 13.1 Å². The molecule has 152 valence electrons. The van der Waals surface area contributed by atoms with Crippen LogP contribution >= 0.6 is 0 Å². The van der Waals surface area contributed by atoms with Crippen molar-refractivity contribution in [1.29, 1.82) is 0 Å². The lowest BCUT2D eigenvalue weighted by Gasteiger charge is -2.20. The van der Waals surface area contributed by atoms with Crippen LogP contribution in [-0.2, 0) is 18.3 Å². The highest BCUT2D eigenvalue weighted by Gasteiger charge is 2.29. The molecule has 1 fully saturated rings. The molecule has 1 saturated heterocycles. The van der Waals surface area contributed by atoms with E-state index in [1.807, 2.05) is 48.1 Å². The number of rotatable bonds is 5. The van der Waals surface area contributed by atoms with Gasteiger partial charge in [0.25, 0.3) is 0 Å². The first-order valence-corrected chi connectivity index (χ1v) is 10.2. The second-order valence-corrected chi connectivity index (χ2v) is 7.89. The second-order valence-electron chi connectivity index (χ2n) is 7.89. The fourth-order valence-corrected chi connectivity index (χ4v) is 4.36. The number of pyridine rings is 1. The molecule has 29 heavy (non-hydrogen) atoms. The number of amides is 1. The SMILES string of the molecule is Cc1nn(C)c(C)c1CCC(=O)N1CCC(n2c(C)cnc2-c2cccnc2)C1. The van der Waals surface area contributed by atoms with Crippen molar-refractivity contribution in [3.05, 3.63) is 53.4 Å². The Morgan fingerprint density at radius 1 is 1.24 bits per heavy atom.